The van der Waals surface area contributed by atoms with Crippen LogP contribution in [0.4, 0.5) is 0 Å². The Morgan fingerprint density at radius 1 is 1.03 bits per heavy atom. The van der Waals surface area contributed by atoms with Crippen LogP contribution in [0.25, 0.3) is 10.9 Å². The van der Waals surface area contributed by atoms with Gasteiger partial charge in [0.15, 0.2) is 0 Å². The Balaban J connectivity index is 2.09. The van der Waals surface area contributed by atoms with E-state index in [1.165, 1.54) is 0 Å². The highest BCUT2D eigenvalue weighted by molar-refractivity contribution is 7.80. The number of carboxylic acids is 1. The molecule has 0 saturated carbocycles. The van der Waals surface area contributed by atoms with Gasteiger partial charge in [0.25, 0.3) is 0 Å². The molecule has 210 valence electrons. The summed E-state index contributed by atoms with van der Waals surface area (Å²) in [6, 6.07) is 3.43. The fraction of sp³-hybridized carbons (Fsp3) is 0.538. The Labute approximate surface area is 228 Å². The zero-order chi connectivity index (χ0) is 28.2. The molecule has 0 spiro atoms. The van der Waals surface area contributed by atoms with Gasteiger partial charge in [-0.05, 0) is 36.9 Å². The van der Waals surface area contributed by atoms with Gasteiger partial charge in [0.2, 0.25) is 17.7 Å². The van der Waals surface area contributed by atoms with Crippen LogP contribution in [-0.4, -0.2) is 70.2 Å². The van der Waals surface area contributed by atoms with Crippen molar-refractivity contribution in [1.82, 2.24) is 20.9 Å². The van der Waals surface area contributed by atoms with E-state index < -0.39 is 47.9 Å². The first-order valence-electron chi connectivity index (χ1n) is 12.9. The Kier molecular flexibility index (Phi) is 12.6. The highest BCUT2D eigenvalue weighted by Gasteiger charge is 2.32. The van der Waals surface area contributed by atoms with Crippen molar-refractivity contribution in [3.05, 3.63) is 36.0 Å². The average molecular weight is 549 g/mol. The fourth-order valence-electron chi connectivity index (χ4n) is 4.05. The average Bonchev–Trinajstić information content (AvgIpc) is 3.31. The number of nitrogens with two attached hydrogens (primary N) is 2. The maximum atomic E-state index is 13.2. The second-order valence-corrected chi connectivity index (χ2v) is 9.83. The molecule has 2 aromatic rings. The number of aliphatic carboxylic acids is 1. The van der Waals surface area contributed by atoms with E-state index in [1.807, 2.05) is 31.2 Å². The monoisotopic (exact) mass is 548 g/mol. The molecule has 9 N–H and O–H groups in total. The van der Waals surface area contributed by atoms with E-state index in [-0.39, 0.29) is 18.1 Å². The predicted octanol–water partition coefficient (Wildman–Crippen LogP) is 0.682. The lowest BCUT2D eigenvalue weighted by Gasteiger charge is -2.27. The van der Waals surface area contributed by atoms with Crippen LogP contribution in [0.15, 0.2) is 30.5 Å². The molecule has 0 fully saturated rings. The summed E-state index contributed by atoms with van der Waals surface area (Å²) in [4.78, 5) is 53.8. The summed E-state index contributed by atoms with van der Waals surface area (Å²) in [5.74, 6) is -3.24. The van der Waals surface area contributed by atoms with Crippen molar-refractivity contribution in [2.45, 2.75) is 70.1 Å². The van der Waals surface area contributed by atoms with Crippen LogP contribution in [0.3, 0.4) is 0 Å². The molecular weight excluding hydrogens is 508 g/mol. The van der Waals surface area contributed by atoms with Crippen LogP contribution in [0.1, 0.15) is 45.1 Å². The number of H-pyrrole nitrogens is 1. The molecule has 0 saturated heterocycles. The van der Waals surface area contributed by atoms with E-state index in [0.717, 1.165) is 22.9 Å². The standard InChI is InChI=1S/C26H40N6O5S/c1-3-15(2)22(32-24(34)21(14-38)31-23(33)18(28)9-6-7-11-27)25(35)30-20(26(36)37)12-16-13-29-19-10-5-4-8-17(16)19/h4-5,8,10,13,15,18,20-22,29,38H,3,6-7,9,11-12,14,27-28H2,1-2H3,(H,30,35)(H,31,33)(H,32,34)(H,36,37). The summed E-state index contributed by atoms with van der Waals surface area (Å²) in [5, 5.41) is 18.5. The first-order valence-corrected chi connectivity index (χ1v) is 13.5. The maximum absolute atomic E-state index is 13.2. The van der Waals surface area contributed by atoms with Gasteiger partial charge in [-0.3, -0.25) is 14.4 Å². The minimum absolute atomic E-state index is 0.0136. The quantitative estimate of drug-likeness (QED) is 0.112. The van der Waals surface area contributed by atoms with E-state index >= 15 is 0 Å². The van der Waals surface area contributed by atoms with Crippen molar-refractivity contribution in [3.63, 3.8) is 0 Å². The molecule has 3 amide bonds. The van der Waals surface area contributed by atoms with E-state index in [1.54, 1.807) is 13.1 Å². The van der Waals surface area contributed by atoms with Crippen LogP contribution in [-0.2, 0) is 25.6 Å². The molecule has 0 aliphatic rings. The van der Waals surface area contributed by atoms with E-state index in [4.69, 9.17) is 11.5 Å². The minimum atomic E-state index is -1.21. The van der Waals surface area contributed by atoms with E-state index in [9.17, 15) is 24.3 Å². The van der Waals surface area contributed by atoms with Crippen molar-refractivity contribution >= 4 is 47.2 Å². The lowest BCUT2D eigenvalue weighted by molar-refractivity contribution is -0.142. The van der Waals surface area contributed by atoms with Gasteiger partial charge in [0.05, 0.1) is 6.04 Å². The molecule has 1 heterocycles. The smallest absolute Gasteiger partial charge is 0.326 e. The van der Waals surface area contributed by atoms with Gasteiger partial charge < -0.3 is 37.5 Å². The molecule has 0 aliphatic carbocycles. The second-order valence-electron chi connectivity index (χ2n) is 9.47. The van der Waals surface area contributed by atoms with Gasteiger partial charge in [-0.25, -0.2) is 4.79 Å². The number of carbonyl (C=O) groups excluding carboxylic acids is 3. The summed E-state index contributed by atoms with van der Waals surface area (Å²) in [7, 11) is 0. The number of hydrogen-bond acceptors (Lipinski definition) is 7. The molecule has 11 nitrogen and oxygen atoms in total. The van der Waals surface area contributed by atoms with Crippen LogP contribution in [0.2, 0.25) is 0 Å². The van der Waals surface area contributed by atoms with Crippen LogP contribution in [0.5, 0.6) is 0 Å². The number of carboxylic acid groups (broad SMARTS) is 1. The van der Waals surface area contributed by atoms with Crippen molar-refractivity contribution < 1.29 is 24.3 Å². The Morgan fingerprint density at radius 3 is 2.34 bits per heavy atom. The summed E-state index contributed by atoms with van der Waals surface area (Å²) in [5.41, 5.74) is 13.0. The SMILES string of the molecule is CCC(C)C(NC(=O)C(CS)NC(=O)C(N)CCCCN)C(=O)NC(Cc1c[nH]c2ccccc12)C(=O)O. The van der Waals surface area contributed by atoms with Gasteiger partial charge in [0, 0.05) is 29.3 Å². The first-order chi connectivity index (χ1) is 18.1. The second kappa shape index (κ2) is 15.4. The lowest BCUT2D eigenvalue weighted by atomic mass is 9.97. The Morgan fingerprint density at radius 2 is 1.71 bits per heavy atom. The molecule has 0 aliphatic heterocycles. The van der Waals surface area contributed by atoms with Crippen molar-refractivity contribution in [3.8, 4) is 0 Å². The number of aromatic nitrogens is 1. The highest BCUT2D eigenvalue weighted by Crippen LogP contribution is 2.19. The molecule has 1 aromatic carbocycles. The zero-order valence-corrected chi connectivity index (χ0v) is 22.8. The molecule has 5 unspecified atom stereocenters. The van der Waals surface area contributed by atoms with Crippen LogP contribution < -0.4 is 27.4 Å². The number of rotatable bonds is 16. The van der Waals surface area contributed by atoms with Gasteiger partial charge in [-0.1, -0.05) is 44.9 Å². The molecule has 12 heteroatoms. The number of hydrogen-bond donors (Lipinski definition) is 8. The number of nitrogens with one attached hydrogen (secondary N) is 4. The summed E-state index contributed by atoms with van der Waals surface area (Å²) < 4.78 is 0. The summed E-state index contributed by atoms with van der Waals surface area (Å²) >= 11 is 4.18. The lowest BCUT2D eigenvalue weighted by Crippen LogP contribution is -2.59. The third kappa shape index (κ3) is 8.74. The topological polar surface area (TPSA) is 192 Å². The zero-order valence-electron chi connectivity index (χ0n) is 21.9. The number of fused-ring (bicyclic) bond motifs is 1. The third-order valence-corrected chi connectivity index (χ3v) is 6.99. The largest absolute Gasteiger partial charge is 0.480 e. The minimum Gasteiger partial charge on any atom is -0.480 e. The van der Waals surface area contributed by atoms with Crippen molar-refractivity contribution in [2.24, 2.45) is 17.4 Å². The molecule has 2 rings (SSSR count). The number of aromatic amines is 1. The fourth-order valence-corrected chi connectivity index (χ4v) is 4.31. The van der Waals surface area contributed by atoms with Gasteiger partial charge in [0.1, 0.15) is 18.1 Å². The van der Waals surface area contributed by atoms with Crippen LogP contribution >= 0.6 is 12.6 Å². The van der Waals surface area contributed by atoms with Crippen LogP contribution in [0, 0.1) is 5.92 Å². The summed E-state index contributed by atoms with van der Waals surface area (Å²) in [6.45, 7) is 4.14. The predicted molar refractivity (Wildman–Crippen MR) is 150 cm³/mol. The number of amides is 3. The molecule has 1 aromatic heterocycles. The van der Waals surface area contributed by atoms with Gasteiger partial charge in [-0.2, -0.15) is 12.6 Å². The van der Waals surface area contributed by atoms with E-state index in [0.29, 0.717) is 25.8 Å². The summed E-state index contributed by atoms with van der Waals surface area (Å²) in [6.07, 6.45) is 4.17. The normalized spacial score (nSPS) is 15.2. The molecular formula is C26H40N6O5S. The highest BCUT2D eigenvalue weighted by atomic mass is 32.1. The Bertz CT molecular complexity index is 1090. The molecule has 0 bridgehead atoms. The number of unbranched alkanes of at least 4 members (excludes halogenated alkanes) is 1. The Hall–Kier alpha value is -3.09. The third-order valence-electron chi connectivity index (χ3n) is 6.63. The number of para-hydroxylation sites is 1. The molecule has 38 heavy (non-hydrogen) atoms. The molecule has 0 radical (unpaired) electrons. The number of thiol groups is 1. The van der Waals surface area contributed by atoms with Gasteiger partial charge in [-0.15, -0.1) is 0 Å². The molecule has 5 atom stereocenters. The van der Waals surface area contributed by atoms with Gasteiger partial charge >= 0.3 is 5.97 Å². The number of carbonyl (C=O) groups is 4. The number of benzene rings is 1. The maximum Gasteiger partial charge on any atom is 0.326 e. The van der Waals surface area contributed by atoms with Crippen molar-refractivity contribution in [2.75, 3.05) is 12.3 Å². The van der Waals surface area contributed by atoms with Crippen molar-refractivity contribution in [1.29, 1.82) is 0 Å². The first kappa shape index (κ1) is 31.1. The van der Waals surface area contributed by atoms with E-state index in [2.05, 4.69) is 33.6 Å².